The molecule has 158 valence electrons. The van der Waals surface area contributed by atoms with Crippen LogP contribution in [0.3, 0.4) is 0 Å². The Labute approximate surface area is 170 Å². The Morgan fingerprint density at radius 2 is 1.68 bits per heavy atom. The summed E-state index contributed by atoms with van der Waals surface area (Å²) in [6, 6.07) is 4.37. The maximum Gasteiger partial charge on any atom is 0.214 e. The van der Waals surface area contributed by atoms with Gasteiger partial charge in [-0.1, -0.05) is 6.07 Å². The third-order valence-electron chi connectivity index (χ3n) is 6.14. The topological polar surface area (TPSA) is 67.4 Å². The van der Waals surface area contributed by atoms with Gasteiger partial charge in [-0.05, 0) is 89.7 Å². The molecule has 0 saturated heterocycles. The van der Waals surface area contributed by atoms with Crippen molar-refractivity contribution in [3.8, 4) is 5.75 Å². The van der Waals surface area contributed by atoms with Crippen LogP contribution in [0.15, 0.2) is 12.1 Å². The van der Waals surface area contributed by atoms with Crippen molar-refractivity contribution in [3.05, 3.63) is 23.3 Å². The first kappa shape index (κ1) is 21.4. The van der Waals surface area contributed by atoms with Crippen LogP contribution >= 0.6 is 0 Å². The second kappa shape index (κ2) is 9.04. The largest absolute Gasteiger partial charge is 0.493 e. The second-order valence-electron chi connectivity index (χ2n) is 8.95. The molecule has 2 aliphatic rings. The molecule has 2 saturated carbocycles. The van der Waals surface area contributed by atoms with Crippen LogP contribution in [0.2, 0.25) is 0 Å². The summed E-state index contributed by atoms with van der Waals surface area (Å²) in [7, 11) is -3.17. The highest BCUT2D eigenvalue weighted by atomic mass is 32.2. The SMILES string of the molecule is Cc1ccc(NCC2CCC(NS(=O)(=O)C(C)C)CC2)c(C)c1OCC1CC1. The second-order valence-corrected chi connectivity index (χ2v) is 11.2. The number of benzene rings is 1. The highest BCUT2D eigenvalue weighted by molar-refractivity contribution is 7.90. The minimum absolute atomic E-state index is 0.0900. The van der Waals surface area contributed by atoms with E-state index >= 15 is 0 Å². The van der Waals surface area contributed by atoms with E-state index in [0.29, 0.717) is 5.92 Å². The zero-order valence-corrected chi connectivity index (χ0v) is 18.6. The Morgan fingerprint density at radius 1 is 1.04 bits per heavy atom. The molecule has 0 amide bonds. The van der Waals surface area contributed by atoms with Gasteiger partial charge in [0.15, 0.2) is 0 Å². The maximum absolute atomic E-state index is 12.1. The van der Waals surface area contributed by atoms with Gasteiger partial charge in [0.25, 0.3) is 0 Å². The van der Waals surface area contributed by atoms with Crippen LogP contribution in [-0.2, 0) is 10.0 Å². The molecule has 0 unspecified atom stereocenters. The maximum atomic E-state index is 12.1. The average molecular weight is 409 g/mol. The molecule has 6 heteroatoms. The standard InChI is InChI=1S/C22H36N2O3S/c1-15(2)28(25,26)24-20-10-8-18(9-11-20)13-23-21-12-5-16(3)22(17(21)4)27-14-19-6-7-19/h5,12,15,18-20,23-24H,6-11,13-14H2,1-4H3. The van der Waals surface area contributed by atoms with Gasteiger partial charge < -0.3 is 10.1 Å². The number of sulfonamides is 1. The van der Waals surface area contributed by atoms with Gasteiger partial charge in [0.1, 0.15) is 5.75 Å². The first-order chi connectivity index (χ1) is 13.3. The summed E-state index contributed by atoms with van der Waals surface area (Å²) in [4.78, 5) is 0. The fourth-order valence-electron chi connectivity index (χ4n) is 3.83. The van der Waals surface area contributed by atoms with E-state index in [1.165, 1.54) is 24.0 Å². The van der Waals surface area contributed by atoms with E-state index < -0.39 is 10.0 Å². The normalized spacial score (nSPS) is 23.0. The lowest BCUT2D eigenvalue weighted by Gasteiger charge is -2.30. The lowest BCUT2D eigenvalue weighted by atomic mass is 9.86. The smallest absolute Gasteiger partial charge is 0.214 e. The summed E-state index contributed by atoms with van der Waals surface area (Å²) in [5, 5.41) is 3.25. The van der Waals surface area contributed by atoms with Crippen LogP contribution in [0.5, 0.6) is 5.75 Å². The molecule has 1 aromatic carbocycles. The fraction of sp³-hybridized carbons (Fsp3) is 0.727. The Hall–Kier alpha value is -1.27. The van der Waals surface area contributed by atoms with E-state index in [0.717, 1.165) is 56.2 Å². The van der Waals surface area contributed by atoms with Crippen molar-refractivity contribution in [3.63, 3.8) is 0 Å². The number of nitrogens with one attached hydrogen (secondary N) is 2. The van der Waals surface area contributed by atoms with E-state index in [-0.39, 0.29) is 11.3 Å². The Balaban J connectivity index is 1.49. The van der Waals surface area contributed by atoms with E-state index in [1.807, 2.05) is 0 Å². The van der Waals surface area contributed by atoms with E-state index in [4.69, 9.17) is 4.74 Å². The molecule has 28 heavy (non-hydrogen) atoms. The first-order valence-corrected chi connectivity index (χ1v) is 12.3. The van der Waals surface area contributed by atoms with Crippen molar-refractivity contribution in [2.45, 2.75) is 77.5 Å². The highest BCUT2D eigenvalue weighted by Crippen LogP contribution is 2.34. The number of anilines is 1. The fourth-order valence-corrected chi connectivity index (χ4v) is 4.81. The Kier molecular flexibility index (Phi) is 6.92. The van der Waals surface area contributed by atoms with Crippen LogP contribution in [0.4, 0.5) is 5.69 Å². The molecule has 0 aromatic heterocycles. The summed E-state index contributed by atoms with van der Waals surface area (Å²) >= 11 is 0. The van der Waals surface area contributed by atoms with Crippen LogP contribution in [-0.4, -0.2) is 32.9 Å². The predicted octanol–water partition coefficient (Wildman–Crippen LogP) is 4.39. The van der Waals surface area contributed by atoms with E-state index in [2.05, 4.69) is 36.0 Å². The molecule has 0 atom stereocenters. The van der Waals surface area contributed by atoms with E-state index in [1.54, 1.807) is 13.8 Å². The van der Waals surface area contributed by atoms with Crippen LogP contribution in [0.1, 0.15) is 63.5 Å². The molecule has 0 heterocycles. The summed E-state index contributed by atoms with van der Waals surface area (Å²) in [5.74, 6) is 2.36. The predicted molar refractivity (Wildman–Crippen MR) is 116 cm³/mol. The summed E-state index contributed by atoms with van der Waals surface area (Å²) in [6.45, 7) is 9.46. The lowest BCUT2D eigenvalue weighted by Crippen LogP contribution is -2.41. The van der Waals surface area contributed by atoms with Gasteiger partial charge in [0, 0.05) is 23.8 Å². The molecule has 3 rings (SSSR count). The molecular formula is C22H36N2O3S. The molecule has 2 N–H and O–H groups in total. The number of hydrogen-bond donors (Lipinski definition) is 2. The molecule has 1 aromatic rings. The third-order valence-corrected chi connectivity index (χ3v) is 8.05. The van der Waals surface area contributed by atoms with E-state index in [9.17, 15) is 8.42 Å². The van der Waals surface area contributed by atoms with Gasteiger partial charge in [-0.25, -0.2) is 13.1 Å². The molecule has 0 bridgehead atoms. The monoisotopic (exact) mass is 408 g/mol. The Morgan fingerprint density at radius 3 is 2.29 bits per heavy atom. The average Bonchev–Trinajstić information content (AvgIpc) is 3.46. The zero-order valence-electron chi connectivity index (χ0n) is 17.8. The molecular weight excluding hydrogens is 372 g/mol. The third kappa shape index (κ3) is 5.63. The summed E-state index contributed by atoms with van der Waals surface area (Å²) in [5.41, 5.74) is 3.54. The van der Waals surface area contributed by atoms with Gasteiger partial charge in [-0.2, -0.15) is 0 Å². The van der Waals surface area contributed by atoms with Crippen LogP contribution in [0.25, 0.3) is 0 Å². The number of aryl methyl sites for hydroxylation is 1. The quantitative estimate of drug-likeness (QED) is 0.636. The van der Waals surface area contributed by atoms with Crippen LogP contribution in [0, 0.1) is 25.7 Å². The van der Waals surface area contributed by atoms with Gasteiger partial charge in [0.2, 0.25) is 10.0 Å². The van der Waals surface area contributed by atoms with Crippen molar-refractivity contribution in [1.82, 2.24) is 4.72 Å². The number of hydrogen-bond acceptors (Lipinski definition) is 4. The molecule has 2 fully saturated rings. The minimum atomic E-state index is -3.17. The van der Waals surface area contributed by atoms with Crippen molar-refractivity contribution in [2.75, 3.05) is 18.5 Å². The molecule has 5 nitrogen and oxygen atoms in total. The van der Waals surface area contributed by atoms with Gasteiger partial charge >= 0.3 is 0 Å². The lowest BCUT2D eigenvalue weighted by molar-refractivity contribution is 0.296. The summed E-state index contributed by atoms with van der Waals surface area (Å²) in [6.07, 6.45) is 6.53. The molecule has 0 radical (unpaired) electrons. The zero-order chi connectivity index (χ0) is 20.3. The molecule has 0 spiro atoms. The van der Waals surface area contributed by atoms with Crippen molar-refractivity contribution >= 4 is 15.7 Å². The van der Waals surface area contributed by atoms with Gasteiger partial charge in [-0.15, -0.1) is 0 Å². The van der Waals surface area contributed by atoms with Crippen molar-refractivity contribution in [2.24, 2.45) is 11.8 Å². The number of ether oxygens (including phenoxy) is 1. The summed E-state index contributed by atoms with van der Waals surface area (Å²) < 4.78 is 33.1. The first-order valence-electron chi connectivity index (χ1n) is 10.7. The minimum Gasteiger partial charge on any atom is -0.493 e. The van der Waals surface area contributed by atoms with Gasteiger partial charge in [0.05, 0.1) is 11.9 Å². The van der Waals surface area contributed by atoms with Crippen molar-refractivity contribution in [1.29, 1.82) is 0 Å². The van der Waals surface area contributed by atoms with Crippen molar-refractivity contribution < 1.29 is 13.2 Å². The Bertz CT molecular complexity index is 764. The molecule has 2 aliphatic carbocycles. The molecule has 0 aliphatic heterocycles. The number of rotatable bonds is 9. The highest BCUT2D eigenvalue weighted by Gasteiger charge is 2.26. The van der Waals surface area contributed by atoms with Crippen LogP contribution < -0.4 is 14.8 Å². The van der Waals surface area contributed by atoms with Gasteiger partial charge in [-0.3, -0.25) is 0 Å².